The molecule has 2 aromatic rings. The van der Waals surface area contributed by atoms with Gasteiger partial charge in [-0.15, -0.1) is 0 Å². The molecule has 7 heteroatoms. The summed E-state index contributed by atoms with van der Waals surface area (Å²) in [5.74, 6) is 1.24. The van der Waals surface area contributed by atoms with Crippen LogP contribution in [-0.4, -0.2) is 19.1 Å². The van der Waals surface area contributed by atoms with Crippen LogP contribution < -0.4 is 14.8 Å². The summed E-state index contributed by atoms with van der Waals surface area (Å²) in [6.07, 6.45) is -2.81. The third kappa shape index (κ3) is 3.09. The van der Waals surface area contributed by atoms with Crippen molar-refractivity contribution in [1.82, 2.24) is 0 Å². The summed E-state index contributed by atoms with van der Waals surface area (Å²) in [4.78, 5) is 12.4. The van der Waals surface area contributed by atoms with E-state index in [4.69, 9.17) is 9.47 Å². The van der Waals surface area contributed by atoms with Crippen molar-refractivity contribution in [1.29, 1.82) is 0 Å². The van der Waals surface area contributed by atoms with Crippen molar-refractivity contribution >= 4 is 11.6 Å². The number of halogens is 3. The molecule has 4 nitrogen and oxygen atoms in total. The van der Waals surface area contributed by atoms with E-state index in [0.29, 0.717) is 18.9 Å². The maximum atomic E-state index is 12.6. The Morgan fingerprint density at radius 3 is 2.54 bits per heavy atom. The summed E-state index contributed by atoms with van der Waals surface area (Å²) in [6, 6.07) is 6.37. The lowest BCUT2D eigenvalue weighted by molar-refractivity contribution is -0.137. The van der Waals surface area contributed by atoms with Gasteiger partial charge in [0.2, 0.25) is 5.91 Å². The topological polar surface area (TPSA) is 47.6 Å². The van der Waals surface area contributed by atoms with E-state index >= 15 is 0 Å². The molecule has 2 aliphatic heterocycles. The summed E-state index contributed by atoms with van der Waals surface area (Å²) in [6.45, 7) is 1.15. The second-order valence-electron chi connectivity index (χ2n) is 6.32. The van der Waals surface area contributed by atoms with Crippen LogP contribution >= 0.6 is 0 Å². The molecule has 0 aromatic heterocycles. The summed E-state index contributed by atoms with van der Waals surface area (Å²) in [5, 5.41) is 2.65. The van der Waals surface area contributed by atoms with E-state index in [-0.39, 0.29) is 12.3 Å². The van der Waals surface area contributed by atoms with Crippen LogP contribution in [0, 0.1) is 0 Å². The smallest absolute Gasteiger partial charge is 0.416 e. The zero-order chi connectivity index (χ0) is 18.3. The Balaban J connectivity index is 1.53. The molecule has 0 saturated carbocycles. The molecule has 0 spiro atoms. The molecule has 1 amide bonds. The molecule has 0 bridgehead atoms. The monoisotopic (exact) mass is 363 g/mol. The van der Waals surface area contributed by atoms with E-state index in [0.717, 1.165) is 53.2 Å². The van der Waals surface area contributed by atoms with Crippen molar-refractivity contribution in [3.05, 3.63) is 52.6 Å². The molecule has 2 aliphatic rings. The van der Waals surface area contributed by atoms with Gasteiger partial charge in [0.25, 0.3) is 0 Å². The van der Waals surface area contributed by atoms with E-state index < -0.39 is 11.7 Å². The molecule has 0 unspecified atom stereocenters. The predicted molar refractivity (Wildman–Crippen MR) is 88.6 cm³/mol. The minimum atomic E-state index is -4.40. The average molecular weight is 363 g/mol. The van der Waals surface area contributed by atoms with E-state index in [1.807, 2.05) is 6.07 Å². The molecule has 0 radical (unpaired) electrons. The highest BCUT2D eigenvalue weighted by atomic mass is 19.4. The normalized spacial score (nSPS) is 15.0. The van der Waals surface area contributed by atoms with Gasteiger partial charge in [0.05, 0.1) is 25.2 Å². The van der Waals surface area contributed by atoms with E-state index in [1.54, 1.807) is 0 Å². The highest BCUT2D eigenvalue weighted by Gasteiger charge is 2.30. The van der Waals surface area contributed by atoms with Gasteiger partial charge in [-0.05, 0) is 30.3 Å². The number of benzene rings is 2. The zero-order valence-corrected chi connectivity index (χ0v) is 13.8. The van der Waals surface area contributed by atoms with E-state index in [9.17, 15) is 18.0 Å². The van der Waals surface area contributed by atoms with Crippen LogP contribution in [-0.2, 0) is 30.2 Å². The van der Waals surface area contributed by atoms with Crippen LogP contribution in [0.15, 0.2) is 30.3 Å². The summed E-state index contributed by atoms with van der Waals surface area (Å²) < 4.78 is 49.1. The van der Waals surface area contributed by atoms with Crippen molar-refractivity contribution < 1.29 is 27.4 Å². The Morgan fingerprint density at radius 2 is 1.81 bits per heavy atom. The summed E-state index contributed by atoms with van der Waals surface area (Å²) in [7, 11) is 0. The molecule has 1 N–H and O–H groups in total. The van der Waals surface area contributed by atoms with Crippen LogP contribution in [0.25, 0.3) is 0 Å². The number of amides is 1. The number of hydrogen-bond acceptors (Lipinski definition) is 3. The number of rotatable bonds is 3. The largest absolute Gasteiger partial charge is 0.493 e. The number of carbonyl (C=O) groups excluding carboxylic acids is 1. The standard InChI is InChI=1S/C19H16F3NO3/c20-19(21,22)12-1-3-13(4-2-12)23-17(24)10-15-14-6-8-25-16(14)9-11-5-7-26-18(11)15/h1-4,9H,5-8,10H2,(H,23,24). The maximum Gasteiger partial charge on any atom is 0.416 e. The zero-order valence-electron chi connectivity index (χ0n) is 13.8. The third-order valence-corrected chi connectivity index (χ3v) is 4.59. The van der Waals surface area contributed by atoms with Crippen molar-refractivity contribution in [2.24, 2.45) is 0 Å². The van der Waals surface area contributed by atoms with Crippen LogP contribution in [0.2, 0.25) is 0 Å². The lowest BCUT2D eigenvalue weighted by Gasteiger charge is -2.13. The van der Waals surface area contributed by atoms with Gasteiger partial charge in [0.15, 0.2) is 0 Å². The molecular weight excluding hydrogens is 347 g/mol. The molecule has 136 valence electrons. The molecule has 2 aromatic carbocycles. The van der Waals surface area contributed by atoms with Crippen molar-refractivity contribution in [2.75, 3.05) is 18.5 Å². The van der Waals surface area contributed by atoms with Crippen LogP contribution in [0.1, 0.15) is 22.3 Å². The molecular formula is C19H16F3NO3. The number of anilines is 1. The molecule has 0 saturated heterocycles. The minimum Gasteiger partial charge on any atom is -0.493 e. The number of ether oxygens (including phenoxy) is 2. The Bertz CT molecular complexity index is 828. The van der Waals surface area contributed by atoms with Crippen molar-refractivity contribution in [3.63, 3.8) is 0 Å². The van der Waals surface area contributed by atoms with Gasteiger partial charge in [-0.2, -0.15) is 13.2 Å². The van der Waals surface area contributed by atoms with Gasteiger partial charge >= 0.3 is 6.18 Å². The second kappa shape index (κ2) is 6.23. The molecule has 2 heterocycles. The van der Waals surface area contributed by atoms with Gasteiger partial charge in [-0.1, -0.05) is 0 Å². The highest BCUT2D eigenvalue weighted by molar-refractivity contribution is 5.93. The fraction of sp³-hybridized carbons (Fsp3) is 0.316. The minimum absolute atomic E-state index is 0.0931. The van der Waals surface area contributed by atoms with Gasteiger partial charge < -0.3 is 14.8 Å². The first-order valence-corrected chi connectivity index (χ1v) is 8.32. The predicted octanol–water partition coefficient (Wildman–Crippen LogP) is 3.76. The number of alkyl halides is 3. The first-order valence-electron chi connectivity index (χ1n) is 8.32. The molecule has 0 fully saturated rings. The lowest BCUT2D eigenvalue weighted by atomic mass is 9.97. The first kappa shape index (κ1) is 16.8. The fourth-order valence-electron chi connectivity index (χ4n) is 3.38. The van der Waals surface area contributed by atoms with Gasteiger partial charge in [-0.3, -0.25) is 4.79 Å². The Hall–Kier alpha value is -2.70. The quantitative estimate of drug-likeness (QED) is 0.903. The second-order valence-corrected chi connectivity index (χ2v) is 6.32. The number of nitrogens with one attached hydrogen (secondary N) is 1. The summed E-state index contributed by atoms with van der Waals surface area (Å²) in [5.41, 5.74) is 2.40. The van der Waals surface area contributed by atoms with Crippen molar-refractivity contribution in [3.8, 4) is 11.5 Å². The van der Waals surface area contributed by atoms with E-state index in [1.165, 1.54) is 12.1 Å². The van der Waals surface area contributed by atoms with Gasteiger partial charge in [-0.25, -0.2) is 0 Å². The van der Waals surface area contributed by atoms with Gasteiger partial charge in [0.1, 0.15) is 11.5 Å². The third-order valence-electron chi connectivity index (χ3n) is 4.59. The Morgan fingerprint density at radius 1 is 1.08 bits per heavy atom. The SMILES string of the molecule is O=C(Cc1c2c(cc3c1OCC3)OCC2)Nc1ccc(C(F)(F)F)cc1. The Labute approximate surface area is 147 Å². The number of hydrogen-bond donors (Lipinski definition) is 1. The van der Waals surface area contributed by atoms with Crippen LogP contribution in [0.5, 0.6) is 11.5 Å². The average Bonchev–Trinajstić information content (AvgIpc) is 3.23. The number of fused-ring (bicyclic) bond motifs is 2. The number of carbonyl (C=O) groups is 1. The first-order chi connectivity index (χ1) is 12.4. The summed E-state index contributed by atoms with van der Waals surface area (Å²) >= 11 is 0. The maximum absolute atomic E-state index is 12.6. The molecule has 0 aliphatic carbocycles. The van der Waals surface area contributed by atoms with Crippen LogP contribution in [0.3, 0.4) is 0 Å². The fourth-order valence-corrected chi connectivity index (χ4v) is 3.38. The van der Waals surface area contributed by atoms with Crippen LogP contribution in [0.4, 0.5) is 18.9 Å². The van der Waals surface area contributed by atoms with Gasteiger partial charge in [0, 0.05) is 35.2 Å². The highest BCUT2D eigenvalue weighted by Crippen LogP contribution is 2.41. The van der Waals surface area contributed by atoms with E-state index in [2.05, 4.69) is 5.32 Å². The Kier molecular flexibility index (Phi) is 4.01. The molecule has 0 atom stereocenters. The molecule has 26 heavy (non-hydrogen) atoms. The van der Waals surface area contributed by atoms with Crippen molar-refractivity contribution in [2.45, 2.75) is 25.4 Å². The molecule has 4 rings (SSSR count). The lowest BCUT2D eigenvalue weighted by Crippen LogP contribution is -2.16.